The molecule has 0 spiro atoms. The first kappa shape index (κ1) is 37.6. The Balaban J connectivity index is -0.000000228. The Morgan fingerprint density at radius 1 is 1.14 bits per heavy atom. The van der Waals surface area contributed by atoms with Gasteiger partial charge in [0.2, 0.25) is 0 Å². The van der Waals surface area contributed by atoms with Crippen LogP contribution in [-0.2, 0) is 45.4 Å². The predicted molar refractivity (Wildman–Crippen MR) is 94.5 cm³/mol. The Hall–Kier alpha value is -1.16. The molecular formula is C20H28FeO7+. The Labute approximate surface area is 179 Å². The van der Waals surface area contributed by atoms with E-state index in [0.717, 1.165) is 25.7 Å². The maximum absolute atomic E-state index is 11.7. The van der Waals surface area contributed by atoms with Crippen molar-refractivity contribution in [3.05, 3.63) is 39.2 Å². The number of aliphatic hydroxyl groups excluding tert-OH is 1. The molecule has 0 aromatic carbocycles. The van der Waals surface area contributed by atoms with Gasteiger partial charge in [-0.15, -0.1) is 0 Å². The number of hydrogen-bond donors (Lipinski definition) is 1. The van der Waals surface area contributed by atoms with E-state index in [0.29, 0.717) is 0 Å². The monoisotopic (exact) mass is 436 g/mol. The number of ketones is 1. The molecule has 7 nitrogen and oxygen atoms in total. The van der Waals surface area contributed by atoms with Crippen LogP contribution in [0.5, 0.6) is 0 Å². The van der Waals surface area contributed by atoms with Crippen LogP contribution >= 0.6 is 0 Å². The van der Waals surface area contributed by atoms with Crippen molar-refractivity contribution in [1.29, 1.82) is 0 Å². The summed E-state index contributed by atoms with van der Waals surface area (Å²) in [7, 11) is 0. The fourth-order valence-electron chi connectivity index (χ4n) is 1.70. The summed E-state index contributed by atoms with van der Waals surface area (Å²) in [6, 6.07) is 0. The zero-order chi connectivity index (χ0) is 22.3. The van der Waals surface area contributed by atoms with Gasteiger partial charge in [0.15, 0.2) is 0 Å². The van der Waals surface area contributed by atoms with Crippen molar-refractivity contribution in [2.24, 2.45) is 5.41 Å². The van der Waals surface area contributed by atoms with Crippen LogP contribution < -0.4 is 0 Å². The average molecular weight is 436 g/mol. The summed E-state index contributed by atoms with van der Waals surface area (Å²) in [5.74, 6) is -0.143. The minimum atomic E-state index is -0.672. The summed E-state index contributed by atoms with van der Waals surface area (Å²) < 4.78 is 27.3. The summed E-state index contributed by atoms with van der Waals surface area (Å²) in [5.41, 5.74) is -0.314. The van der Waals surface area contributed by atoms with Crippen LogP contribution in [0.25, 0.3) is 0 Å². The van der Waals surface area contributed by atoms with Crippen LogP contribution in [0.3, 0.4) is 0 Å². The summed E-state index contributed by atoms with van der Waals surface area (Å²) in [6.07, 6.45) is 7.62. The third kappa shape index (κ3) is 27.1. The zero-order valence-corrected chi connectivity index (χ0v) is 17.8. The van der Waals surface area contributed by atoms with E-state index in [2.05, 4.69) is 26.9 Å². The largest absolute Gasteiger partial charge is 2.00 e. The molecule has 0 bridgehead atoms. The summed E-state index contributed by atoms with van der Waals surface area (Å²) >= 11 is 0. The summed E-state index contributed by atoms with van der Waals surface area (Å²) in [4.78, 5) is 22.0. The number of Topliss-reactive ketones (excluding diaryl/α,β-unsaturated/α-hetero) is 1. The van der Waals surface area contributed by atoms with Crippen molar-refractivity contribution < 1.29 is 50.5 Å². The molecule has 0 saturated carbocycles. The van der Waals surface area contributed by atoms with Gasteiger partial charge in [-0.3, -0.25) is 4.79 Å². The first-order valence-corrected chi connectivity index (χ1v) is 8.17. The number of hydrogen-bond acceptors (Lipinski definition) is 4. The normalized spacial score (nSPS) is 11.1. The average Bonchev–Trinajstić information content (AvgIpc) is 2.66. The molecule has 0 heterocycles. The molecule has 3 radical (unpaired) electrons. The van der Waals surface area contributed by atoms with Crippen molar-refractivity contribution in [2.75, 3.05) is 0 Å². The van der Waals surface area contributed by atoms with Crippen molar-refractivity contribution in [2.45, 2.75) is 72.0 Å². The second kappa shape index (κ2) is 28.1. The van der Waals surface area contributed by atoms with Gasteiger partial charge < -0.3 is 14.6 Å². The maximum Gasteiger partial charge on any atom is 2.00 e. The number of ether oxygens (including phenoxy) is 1. The van der Waals surface area contributed by atoms with Crippen molar-refractivity contribution in [3.63, 3.8) is 0 Å². The number of carbonyl (C=O) groups excluding carboxylic acids is 2. The first-order valence-electron chi connectivity index (χ1n) is 8.17. The van der Waals surface area contributed by atoms with Gasteiger partial charge in [0, 0.05) is 19.3 Å². The molecule has 28 heavy (non-hydrogen) atoms. The standard InChI is InChI=1S/C17H28O4.3CO.Fe/c1-5-6-7-10-15(21-13-18)11-8-9-14(19)12-16(20)17(2,3)4;3*1-2;/h8-9,11,15-16,20H,5-7,10,12H2,1-4H3;;;;/q-1;;;;+2/t15-,16-;;;;/m1..../s1. The topological polar surface area (TPSA) is 123 Å². The van der Waals surface area contributed by atoms with E-state index >= 15 is 0 Å². The minimum absolute atomic E-state index is 0. The van der Waals surface area contributed by atoms with Crippen molar-refractivity contribution in [3.8, 4) is 0 Å². The molecule has 0 saturated heterocycles. The van der Waals surface area contributed by atoms with E-state index in [4.69, 9.17) is 18.7 Å². The first-order chi connectivity index (χ1) is 12.8. The molecule has 0 aliphatic rings. The fourth-order valence-corrected chi connectivity index (χ4v) is 1.70. The van der Waals surface area contributed by atoms with E-state index in [1.54, 1.807) is 12.8 Å². The summed E-state index contributed by atoms with van der Waals surface area (Å²) in [5, 5.41) is 9.85. The van der Waals surface area contributed by atoms with Crippen molar-refractivity contribution >= 4 is 12.3 Å². The number of rotatable bonds is 12. The SMILES string of the molecule is CCCCC[C@H]([CH][CH][CH]C(=O)C[C@@H](O)C(C)(C)C)O[C-]=O.[C-]#[O+].[C-]#[O+].[C-]#[O+].[Fe+2]. The van der Waals surface area contributed by atoms with E-state index < -0.39 is 6.10 Å². The fraction of sp³-hybridized carbons (Fsp3) is 0.600. The van der Waals surface area contributed by atoms with Gasteiger partial charge in [-0.25, -0.2) is 0 Å². The number of unbranched alkanes of at least 4 members (excludes halogenated alkanes) is 2. The quantitative estimate of drug-likeness (QED) is 0.219. The summed E-state index contributed by atoms with van der Waals surface area (Å²) in [6.45, 7) is 22.7. The molecule has 8 heteroatoms. The van der Waals surface area contributed by atoms with Gasteiger partial charge in [-0.1, -0.05) is 47.0 Å². The Morgan fingerprint density at radius 2 is 1.64 bits per heavy atom. The third-order valence-electron chi connectivity index (χ3n) is 3.29. The molecule has 0 rings (SSSR count). The molecule has 2 atom stereocenters. The van der Waals surface area contributed by atoms with Crippen LogP contribution in [0.4, 0.5) is 0 Å². The Morgan fingerprint density at radius 3 is 2.04 bits per heavy atom. The van der Waals surface area contributed by atoms with Crippen LogP contribution in [-0.4, -0.2) is 29.6 Å². The molecule has 0 fully saturated rings. The van der Waals surface area contributed by atoms with Gasteiger partial charge in [0.05, 0.1) is 12.2 Å². The Kier molecular flexibility index (Phi) is 37.6. The second-order valence-electron chi connectivity index (χ2n) is 6.34. The van der Waals surface area contributed by atoms with Gasteiger partial charge in [-0.05, 0) is 24.7 Å². The van der Waals surface area contributed by atoms with Crippen LogP contribution in [0.1, 0.15) is 59.8 Å². The van der Waals surface area contributed by atoms with E-state index in [-0.39, 0.29) is 40.8 Å². The minimum Gasteiger partial charge on any atom is 2.00 e. The second-order valence-corrected chi connectivity index (χ2v) is 6.34. The smallest absolute Gasteiger partial charge is 2.00 e. The molecule has 0 aromatic heterocycles. The molecule has 0 unspecified atom stereocenters. The molecule has 0 aliphatic carbocycles. The molecule has 157 valence electrons. The maximum atomic E-state index is 11.7. The van der Waals surface area contributed by atoms with Crippen LogP contribution in [0.15, 0.2) is 0 Å². The van der Waals surface area contributed by atoms with Gasteiger partial charge >= 0.3 is 51.0 Å². The molecule has 1 N–H and O–H groups in total. The molecular weight excluding hydrogens is 408 g/mol. The van der Waals surface area contributed by atoms with Crippen LogP contribution in [0.2, 0.25) is 0 Å². The van der Waals surface area contributed by atoms with Crippen LogP contribution in [0, 0.1) is 44.6 Å². The van der Waals surface area contributed by atoms with E-state index in [9.17, 15) is 14.7 Å². The predicted octanol–water partition coefficient (Wildman–Crippen LogP) is 2.88. The molecule has 0 aliphatic heterocycles. The van der Waals surface area contributed by atoms with E-state index in [1.165, 1.54) is 12.9 Å². The number of carbonyl (C=O) groups is 1. The Bertz CT molecular complexity index is 397. The molecule has 0 amide bonds. The van der Waals surface area contributed by atoms with E-state index in [1.807, 2.05) is 20.8 Å². The van der Waals surface area contributed by atoms with Crippen molar-refractivity contribution in [1.82, 2.24) is 0 Å². The van der Waals surface area contributed by atoms with Gasteiger partial charge in [-0.2, -0.15) is 0 Å². The van der Waals surface area contributed by atoms with Gasteiger partial charge in [0.25, 0.3) is 0 Å². The van der Waals surface area contributed by atoms with Gasteiger partial charge in [0.1, 0.15) is 5.78 Å². The third-order valence-corrected chi connectivity index (χ3v) is 3.29. The molecule has 0 aromatic rings. The zero-order valence-electron chi connectivity index (χ0n) is 16.7. The number of aliphatic hydroxyl groups is 1.